The van der Waals surface area contributed by atoms with E-state index in [-0.39, 0.29) is 24.3 Å². The monoisotopic (exact) mass is 603 g/mol. The first-order valence-corrected chi connectivity index (χ1v) is 15.1. The fraction of sp³-hybridized carbons (Fsp3) is 0.353. The lowest BCUT2D eigenvalue weighted by Gasteiger charge is -2.41. The second-order valence-electron chi connectivity index (χ2n) is 11.3. The predicted molar refractivity (Wildman–Crippen MR) is 168 cm³/mol. The number of terminal acetylenes is 1. The predicted octanol–water partition coefficient (Wildman–Crippen LogP) is 6.75. The van der Waals surface area contributed by atoms with Gasteiger partial charge >= 0.3 is 0 Å². The zero-order chi connectivity index (χ0) is 29.9. The van der Waals surface area contributed by atoms with Crippen LogP contribution >= 0.6 is 23.2 Å². The third kappa shape index (κ3) is 6.15. The van der Waals surface area contributed by atoms with Crippen molar-refractivity contribution in [3.63, 3.8) is 0 Å². The molecule has 3 aliphatic rings. The summed E-state index contributed by atoms with van der Waals surface area (Å²) >= 11 is 11.8. The molecule has 218 valence electrons. The molecule has 3 aromatic carbocycles. The van der Waals surface area contributed by atoms with E-state index in [1.807, 2.05) is 54.6 Å². The second-order valence-corrected chi connectivity index (χ2v) is 12.1. The van der Waals surface area contributed by atoms with Crippen LogP contribution in [-0.2, 0) is 15.0 Å². The van der Waals surface area contributed by atoms with Crippen LogP contribution in [0.2, 0.25) is 10.0 Å². The van der Waals surface area contributed by atoms with E-state index < -0.39 is 11.5 Å². The van der Waals surface area contributed by atoms with Gasteiger partial charge in [-0.1, -0.05) is 53.4 Å². The molecule has 2 N–H and O–H groups in total. The standard InChI is InChI=1S/C28H30ClN3O3.C6H5Cl/c1-4-18-5-8-24(35-20-10-13-32(14-11-20)17(2)3)21(15-18)26-28(12-9-25(33)31-26)22-7-6-19(29)16-23(22)30-27(28)34;7-6-4-2-1-3-5-6/h1,5-8,15-17,20,26H,9-14H2,2-3H3,(H,30,34)(H,31,33);1-5H/t26-,28-;/m1./s1. The van der Waals surface area contributed by atoms with Gasteiger partial charge in [0.1, 0.15) is 17.3 Å². The van der Waals surface area contributed by atoms with Crippen LogP contribution in [0.25, 0.3) is 0 Å². The zero-order valence-corrected chi connectivity index (χ0v) is 25.3. The fourth-order valence-corrected chi connectivity index (χ4v) is 6.45. The number of carbonyl (C=O) groups is 2. The number of nitrogens with one attached hydrogen (secondary N) is 2. The van der Waals surface area contributed by atoms with E-state index in [0.717, 1.165) is 42.1 Å². The summed E-state index contributed by atoms with van der Waals surface area (Å²) < 4.78 is 6.55. The van der Waals surface area contributed by atoms with Gasteiger partial charge in [-0.2, -0.15) is 0 Å². The van der Waals surface area contributed by atoms with Crippen LogP contribution < -0.4 is 15.4 Å². The molecule has 0 unspecified atom stereocenters. The van der Waals surface area contributed by atoms with E-state index >= 15 is 0 Å². The smallest absolute Gasteiger partial charge is 0.237 e. The number of carbonyl (C=O) groups excluding carboxylic acids is 2. The minimum Gasteiger partial charge on any atom is -0.490 e. The Hall–Kier alpha value is -3.50. The summed E-state index contributed by atoms with van der Waals surface area (Å²) in [5.74, 6) is 3.10. The molecule has 0 radical (unpaired) electrons. The molecule has 0 saturated carbocycles. The highest BCUT2D eigenvalue weighted by molar-refractivity contribution is 6.31. The number of amides is 2. The van der Waals surface area contributed by atoms with Crippen molar-refractivity contribution in [1.82, 2.24) is 10.2 Å². The summed E-state index contributed by atoms with van der Waals surface area (Å²) in [4.78, 5) is 28.7. The Kier molecular flexibility index (Phi) is 9.13. The highest BCUT2D eigenvalue weighted by Crippen LogP contribution is 2.53. The van der Waals surface area contributed by atoms with Crippen molar-refractivity contribution in [3.8, 4) is 18.1 Å². The van der Waals surface area contributed by atoms with E-state index in [1.54, 1.807) is 12.1 Å². The van der Waals surface area contributed by atoms with Crippen LogP contribution in [0.4, 0.5) is 5.69 Å². The normalized spacial score (nSPS) is 22.0. The maximum Gasteiger partial charge on any atom is 0.237 e. The first kappa shape index (κ1) is 30.0. The molecule has 2 atom stereocenters. The van der Waals surface area contributed by atoms with Gasteiger partial charge in [0.25, 0.3) is 0 Å². The number of benzene rings is 3. The summed E-state index contributed by atoms with van der Waals surface area (Å²) in [5, 5.41) is 7.45. The molecule has 42 heavy (non-hydrogen) atoms. The summed E-state index contributed by atoms with van der Waals surface area (Å²) in [7, 11) is 0. The van der Waals surface area contributed by atoms with Crippen LogP contribution in [0, 0.1) is 12.3 Å². The van der Waals surface area contributed by atoms with Gasteiger partial charge in [-0.25, -0.2) is 0 Å². The van der Waals surface area contributed by atoms with Crippen LogP contribution in [0.1, 0.15) is 62.3 Å². The van der Waals surface area contributed by atoms with Gasteiger partial charge in [-0.3, -0.25) is 9.59 Å². The lowest BCUT2D eigenvalue weighted by atomic mass is 9.67. The number of likely N-dealkylation sites (tertiary alicyclic amines) is 1. The lowest BCUT2D eigenvalue weighted by Crippen LogP contribution is -2.52. The number of piperidine rings is 2. The van der Waals surface area contributed by atoms with Crippen LogP contribution in [0.3, 0.4) is 0 Å². The molecule has 0 aromatic heterocycles. The van der Waals surface area contributed by atoms with Gasteiger partial charge in [0.15, 0.2) is 0 Å². The highest BCUT2D eigenvalue weighted by atomic mass is 35.5. The Morgan fingerprint density at radius 1 is 1.00 bits per heavy atom. The number of ether oxygens (including phenoxy) is 1. The summed E-state index contributed by atoms with van der Waals surface area (Å²) in [6.07, 6.45) is 8.27. The van der Waals surface area contributed by atoms with E-state index in [1.165, 1.54) is 0 Å². The minimum atomic E-state index is -0.972. The molecule has 6 nitrogen and oxygen atoms in total. The van der Waals surface area contributed by atoms with Crippen LogP contribution in [0.5, 0.6) is 5.75 Å². The van der Waals surface area contributed by atoms with Crippen LogP contribution in [-0.4, -0.2) is 41.9 Å². The van der Waals surface area contributed by atoms with E-state index in [2.05, 4.69) is 35.3 Å². The third-order valence-electron chi connectivity index (χ3n) is 8.38. The third-order valence-corrected chi connectivity index (χ3v) is 8.87. The first-order chi connectivity index (χ1) is 20.2. The van der Waals surface area contributed by atoms with Gasteiger partial charge in [-0.05, 0) is 81.1 Å². The van der Waals surface area contributed by atoms with E-state index in [4.69, 9.17) is 34.4 Å². The molecular weight excluding hydrogens is 569 g/mol. The quantitative estimate of drug-likeness (QED) is 0.323. The van der Waals surface area contributed by atoms with Crippen molar-refractivity contribution >= 4 is 40.7 Å². The van der Waals surface area contributed by atoms with Gasteiger partial charge in [-0.15, -0.1) is 6.42 Å². The molecule has 6 rings (SSSR count). The van der Waals surface area contributed by atoms with Crippen LogP contribution in [0.15, 0.2) is 66.7 Å². The molecule has 3 heterocycles. The average molecular weight is 605 g/mol. The summed E-state index contributed by atoms with van der Waals surface area (Å²) in [5.41, 5.74) is 1.95. The Balaban J connectivity index is 0.000000442. The largest absolute Gasteiger partial charge is 0.490 e. The maximum atomic E-state index is 13.6. The lowest BCUT2D eigenvalue weighted by molar-refractivity contribution is -0.130. The number of fused-ring (bicyclic) bond motifs is 2. The molecule has 3 aliphatic heterocycles. The number of hydrogen-bond acceptors (Lipinski definition) is 4. The molecule has 0 aliphatic carbocycles. The molecule has 3 aromatic rings. The Morgan fingerprint density at radius 2 is 1.74 bits per heavy atom. The van der Waals surface area contributed by atoms with Gasteiger partial charge in [0.05, 0.1) is 6.04 Å². The van der Waals surface area contributed by atoms with E-state index in [0.29, 0.717) is 34.5 Å². The molecule has 2 amide bonds. The van der Waals surface area contributed by atoms with Crippen molar-refractivity contribution in [1.29, 1.82) is 0 Å². The number of anilines is 1. The topological polar surface area (TPSA) is 70.7 Å². The van der Waals surface area contributed by atoms with Gasteiger partial charge in [0.2, 0.25) is 11.8 Å². The molecule has 8 heteroatoms. The summed E-state index contributed by atoms with van der Waals surface area (Å²) in [6.45, 7) is 6.36. The number of rotatable bonds is 4. The van der Waals surface area contributed by atoms with Crippen molar-refractivity contribution in [2.45, 2.75) is 63.1 Å². The molecule has 2 fully saturated rings. The second kappa shape index (κ2) is 12.8. The molecule has 1 spiro atoms. The highest BCUT2D eigenvalue weighted by Gasteiger charge is 2.56. The Bertz CT molecular complexity index is 1500. The number of hydrogen-bond donors (Lipinski definition) is 2. The van der Waals surface area contributed by atoms with Crippen molar-refractivity contribution in [3.05, 3.63) is 93.5 Å². The number of nitrogens with zero attached hydrogens (tertiary/aromatic N) is 1. The van der Waals surface area contributed by atoms with Gasteiger partial charge in [0, 0.05) is 52.4 Å². The Labute approximate surface area is 257 Å². The fourth-order valence-electron chi connectivity index (χ4n) is 6.13. The number of halogens is 2. The van der Waals surface area contributed by atoms with Crippen molar-refractivity contribution in [2.24, 2.45) is 0 Å². The minimum absolute atomic E-state index is 0.0548. The maximum absolute atomic E-state index is 13.6. The van der Waals surface area contributed by atoms with Gasteiger partial charge < -0.3 is 20.3 Å². The molecule has 2 saturated heterocycles. The molecule has 0 bridgehead atoms. The van der Waals surface area contributed by atoms with Crippen molar-refractivity contribution < 1.29 is 14.3 Å². The average Bonchev–Trinajstić information content (AvgIpc) is 3.25. The molecular formula is C34H35Cl2N3O3. The zero-order valence-electron chi connectivity index (χ0n) is 23.8. The summed E-state index contributed by atoms with van der Waals surface area (Å²) in [6, 6.07) is 20.4. The van der Waals surface area contributed by atoms with E-state index in [9.17, 15) is 9.59 Å². The Morgan fingerprint density at radius 3 is 2.38 bits per heavy atom. The van der Waals surface area contributed by atoms with Crippen molar-refractivity contribution in [2.75, 3.05) is 18.4 Å². The first-order valence-electron chi connectivity index (χ1n) is 14.3. The SMILES string of the molecule is C#Cc1ccc(OC2CCN(C(C)C)CC2)c([C@H]2NC(=O)CC[C@]23C(=O)Nc2cc(Cl)ccc23)c1.Clc1ccccc1.